The van der Waals surface area contributed by atoms with Crippen LogP contribution in [0.1, 0.15) is 86.8 Å². The molecule has 0 spiro atoms. The number of para-hydroxylation sites is 1. The Bertz CT molecular complexity index is 3500. The van der Waals surface area contributed by atoms with Crippen molar-refractivity contribution in [3.05, 3.63) is 154 Å². The lowest BCUT2D eigenvalue weighted by atomic mass is 9.98. The average molecular weight is 1270 g/mol. The van der Waals surface area contributed by atoms with Gasteiger partial charge in [0.1, 0.15) is 23.3 Å². The highest BCUT2D eigenvalue weighted by Gasteiger charge is 2.45. The van der Waals surface area contributed by atoms with Crippen LogP contribution in [-0.2, 0) is 36.6 Å². The van der Waals surface area contributed by atoms with Crippen LogP contribution in [-0.4, -0.2) is 108 Å². The van der Waals surface area contributed by atoms with E-state index in [2.05, 4.69) is 115 Å². The molecule has 17 nitrogen and oxygen atoms in total. The molecule has 3 N–H and O–H groups in total. The molecule has 1 saturated heterocycles. The number of ether oxygens (including phenoxy) is 3. The lowest BCUT2D eigenvalue weighted by Gasteiger charge is -2.27. The second-order valence-electron chi connectivity index (χ2n) is 18.7. The van der Waals surface area contributed by atoms with E-state index in [4.69, 9.17) is 29.2 Å². The predicted octanol–water partition coefficient (Wildman–Crippen LogP) is 9.94. The number of anilines is 2. The summed E-state index contributed by atoms with van der Waals surface area (Å²) in [5.41, 5.74) is 12.9. The van der Waals surface area contributed by atoms with Crippen molar-refractivity contribution in [2.24, 2.45) is 0 Å². The Balaban J connectivity index is 0.676. The fourth-order valence-corrected chi connectivity index (χ4v) is 11.2. The average Bonchev–Trinajstić information content (AvgIpc) is 4.26. The second kappa shape index (κ2) is 25.4. The summed E-state index contributed by atoms with van der Waals surface area (Å²) in [5.74, 6) is -0.582. The second-order valence-corrected chi connectivity index (χ2v) is 21.7. The molecule has 3 aliphatic rings. The Morgan fingerprint density at radius 3 is 2.44 bits per heavy atom. The van der Waals surface area contributed by atoms with Gasteiger partial charge in [-0.15, -0.1) is 5.10 Å². The van der Waals surface area contributed by atoms with Crippen LogP contribution >= 0.6 is 43.3 Å². The minimum atomic E-state index is -1.02. The van der Waals surface area contributed by atoms with Crippen LogP contribution in [0.5, 0.6) is 5.75 Å². The standard InChI is InChI=1S/C59H56I2N10O7/c1-3-23-78-51-11-5-4-8-46(51)42-29-39(14-12-38-13-16-45(48-31-61-48)41(28-38)30-60)56(66-33-42)43-27-37(2)55(65-34-43)40-15-18-52(64-32-40)63-20-7-22-70-35-44(68-69-70)36-77-26-25-76-24-21-62-49-10-6-9-47-54(49)59(75)71(58(47)74)50-17-19-53(72)67-57(50)73/h4-6,8-16,18,27-29,32-35,50,62H,3,7,17,19-26,30,36H2,1-2H3,(H,63,64)(H,67,72,73)/b14-12+. The summed E-state index contributed by atoms with van der Waals surface area (Å²) < 4.78 is 25.3. The smallest absolute Gasteiger partial charge is 0.264 e. The normalized spacial score (nSPS) is 14.8. The fraction of sp³-hybridized carbons (Fsp3) is 0.271. The van der Waals surface area contributed by atoms with Crippen molar-refractivity contribution in [2.75, 3.05) is 50.2 Å². The van der Waals surface area contributed by atoms with Gasteiger partial charge in [0.2, 0.25) is 11.8 Å². The van der Waals surface area contributed by atoms with Gasteiger partial charge in [0.15, 0.2) is 0 Å². The van der Waals surface area contributed by atoms with Gasteiger partial charge < -0.3 is 24.8 Å². The number of nitrogens with one attached hydrogen (secondary N) is 3. The number of nitrogens with zero attached hydrogens (tertiary/aromatic N) is 7. The summed E-state index contributed by atoms with van der Waals surface area (Å²) in [6.45, 7) is 7.79. The summed E-state index contributed by atoms with van der Waals surface area (Å²) in [6.07, 6.45) is 13.7. The highest BCUT2D eigenvalue weighted by Crippen LogP contribution is 2.38. The zero-order chi connectivity index (χ0) is 54.0. The van der Waals surface area contributed by atoms with Crippen molar-refractivity contribution < 1.29 is 33.4 Å². The monoisotopic (exact) mass is 1270 g/mol. The molecule has 3 aliphatic heterocycles. The number of fused-ring (bicyclic) bond motifs is 1. The van der Waals surface area contributed by atoms with E-state index in [1.54, 1.807) is 22.9 Å². The highest BCUT2D eigenvalue weighted by atomic mass is 127. The van der Waals surface area contributed by atoms with Gasteiger partial charge in [-0.05, 0) is 106 Å². The Morgan fingerprint density at radius 2 is 1.63 bits per heavy atom. The highest BCUT2D eigenvalue weighted by molar-refractivity contribution is 14.2. The number of alkyl halides is 1. The van der Waals surface area contributed by atoms with E-state index >= 15 is 0 Å². The maximum absolute atomic E-state index is 13.3. The van der Waals surface area contributed by atoms with Gasteiger partial charge in [-0.2, -0.15) is 0 Å². The van der Waals surface area contributed by atoms with E-state index in [9.17, 15) is 19.2 Å². The molecule has 4 amide bonds. The number of hydrogen-bond acceptors (Lipinski definition) is 14. The number of carbonyl (C=O) groups excluding carboxylic acids is 4. The molecule has 1 unspecified atom stereocenters. The van der Waals surface area contributed by atoms with Gasteiger partial charge in [0.25, 0.3) is 11.8 Å². The number of pyridine rings is 3. The minimum absolute atomic E-state index is 0.000281. The van der Waals surface area contributed by atoms with E-state index in [-0.39, 0.29) is 51.3 Å². The molecule has 1 fully saturated rings. The molecule has 78 heavy (non-hydrogen) atoms. The van der Waals surface area contributed by atoms with Crippen LogP contribution < -0.4 is 20.7 Å². The van der Waals surface area contributed by atoms with Crippen molar-refractivity contribution >= 4 is 97.9 Å². The Labute approximate surface area is 475 Å². The van der Waals surface area contributed by atoms with E-state index in [1.807, 2.05) is 55.1 Å². The largest absolute Gasteiger partial charge is 0.493 e. The molecule has 3 aromatic carbocycles. The van der Waals surface area contributed by atoms with Crippen molar-refractivity contribution in [1.29, 1.82) is 0 Å². The molecule has 0 bridgehead atoms. The third-order valence-corrected chi connectivity index (χ3v) is 15.7. The molecular weight excluding hydrogens is 1210 g/mol. The van der Waals surface area contributed by atoms with Crippen molar-refractivity contribution in [1.82, 2.24) is 40.2 Å². The molecule has 398 valence electrons. The first-order chi connectivity index (χ1) is 38.1. The van der Waals surface area contributed by atoms with Gasteiger partial charge in [-0.3, -0.25) is 44.0 Å². The van der Waals surface area contributed by atoms with Crippen LogP contribution in [0.4, 0.5) is 11.5 Å². The number of halogens is 2. The van der Waals surface area contributed by atoms with E-state index in [0.29, 0.717) is 57.4 Å². The SMILES string of the molecule is CCCOc1ccccc1-c1cnc(-c2cnc(-c3ccc(NCCCn4cc(COCCOCCNc5cccc6c5C(=O)N(C5CCC(=O)NC5=O)C6=O)nn4)nc3)c(C)c2)c(/C=C/c2ccc(C3=C=I3)c(CI)c2)c1. The summed E-state index contributed by atoms with van der Waals surface area (Å²) in [4.78, 5) is 66.2. The van der Waals surface area contributed by atoms with Crippen molar-refractivity contribution in [2.45, 2.75) is 63.2 Å². The first kappa shape index (κ1) is 54.1. The molecular formula is C59H56I2N10O7. The summed E-state index contributed by atoms with van der Waals surface area (Å²) in [7, 11) is 0. The first-order valence-corrected chi connectivity index (χ1v) is 29.5. The number of rotatable bonds is 25. The van der Waals surface area contributed by atoms with E-state index < -0.39 is 29.7 Å². The lowest BCUT2D eigenvalue weighted by Crippen LogP contribution is -2.54. The van der Waals surface area contributed by atoms with Crippen molar-refractivity contribution in [3.63, 3.8) is 0 Å². The van der Waals surface area contributed by atoms with Gasteiger partial charge in [-0.25, -0.2) is 4.98 Å². The third-order valence-electron chi connectivity index (χ3n) is 13.2. The van der Waals surface area contributed by atoms with Crippen LogP contribution in [0, 0.1) is 6.92 Å². The minimum Gasteiger partial charge on any atom is -0.493 e. The van der Waals surface area contributed by atoms with Gasteiger partial charge >= 0.3 is 0 Å². The maximum atomic E-state index is 13.3. The van der Waals surface area contributed by atoms with Crippen LogP contribution in [0.2, 0.25) is 0 Å². The lowest BCUT2D eigenvalue weighted by molar-refractivity contribution is -0.136. The Hall–Kier alpha value is -7.30. The molecule has 0 saturated carbocycles. The Morgan fingerprint density at radius 1 is 0.808 bits per heavy atom. The van der Waals surface area contributed by atoms with Crippen LogP contribution in [0.15, 0.2) is 110 Å². The Kier molecular flexibility index (Phi) is 17.6. The van der Waals surface area contributed by atoms with Gasteiger partial charge in [0, 0.05) is 88.1 Å². The number of carbonyl (C=O) groups is 4. The topological polar surface area (TPSA) is 205 Å². The predicted molar refractivity (Wildman–Crippen MR) is 317 cm³/mol. The molecule has 0 aliphatic carbocycles. The number of aryl methyl sites for hydroxylation is 2. The van der Waals surface area contributed by atoms with Gasteiger partial charge in [0.05, 0.1) is 65.3 Å². The number of amides is 4. The number of aromatic nitrogens is 6. The number of imide groups is 2. The summed E-state index contributed by atoms with van der Waals surface area (Å²) in [5, 5.41) is 17.3. The quantitative estimate of drug-likeness (QED) is 0.0211. The zero-order valence-corrected chi connectivity index (χ0v) is 47.4. The molecule has 1 atom stereocenters. The van der Waals surface area contributed by atoms with Crippen LogP contribution in [0.3, 0.4) is 0 Å². The number of piperidine rings is 1. The molecule has 10 rings (SSSR count). The van der Waals surface area contributed by atoms with Crippen LogP contribution in [0.25, 0.3) is 49.4 Å². The first-order valence-electron chi connectivity index (χ1n) is 25.8. The molecule has 4 aromatic heterocycles. The fourth-order valence-electron chi connectivity index (χ4n) is 9.33. The van der Waals surface area contributed by atoms with Crippen molar-refractivity contribution in [3.8, 4) is 39.4 Å². The maximum Gasteiger partial charge on any atom is 0.264 e. The summed E-state index contributed by atoms with van der Waals surface area (Å²) >= 11 is 2.45. The van der Waals surface area contributed by atoms with E-state index in [0.717, 1.165) is 84.1 Å². The zero-order valence-electron chi connectivity index (χ0n) is 43.1. The van der Waals surface area contributed by atoms with Gasteiger partial charge in [-0.1, -0.05) is 93.0 Å². The number of benzene rings is 3. The molecule has 7 aromatic rings. The molecule has 0 radical (unpaired) electrons. The molecule has 19 heteroatoms. The van der Waals surface area contributed by atoms with E-state index in [1.165, 1.54) is 14.7 Å². The molecule has 7 heterocycles. The number of hydrogen-bond donors (Lipinski definition) is 3. The third kappa shape index (κ3) is 12.8. The summed E-state index contributed by atoms with van der Waals surface area (Å²) in [6, 6.07) is 27.1.